The van der Waals surface area contributed by atoms with Crippen molar-refractivity contribution in [3.8, 4) is 5.75 Å². The predicted molar refractivity (Wildman–Crippen MR) is 109 cm³/mol. The predicted octanol–water partition coefficient (Wildman–Crippen LogP) is 4.81. The smallest absolute Gasteiger partial charge is 0.363 e. The number of carbonyl (C=O) groups excluding carboxylic acids is 1. The molecule has 27 heavy (non-hydrogen) atoms. The van der Waals surface area contributed by atoms with Crippen LogP contribution in [0.2, 0.25) is 0 Å². The minimum atomic E-state index is -0.508. The Morgan fingerprint density at radius 1 is 1.07 bits per heavy atom. The molecule has 0 saturated heterocycles. The number of hydrogen-bond donors (Lipinski definition) is 0. The molecular weight excluding hydrogens is 457 g/mol. The van der Waals surface area contributed by atoms with E-state index >= 15 is 0 Å². The Kier molecular flexibility index (Phi) is 5.06. The number of benzene rings is 2. The lowest BCUT2D eigenvalue weighted by Gasteiger charge is -2.07. The second kappa shape index (κ2) is 7.79. The maximum Gasteiger partial charge on any atom is 0.363 e. The van der Waals surface area contributed by atoms with Gasteiger partial charge in [-0.15, -0.1) is 0 Å². The van der Waals surface area contributed by atoms with Gasteiger partial charge in [0.2, 0.25) is 0 Å². The molecule has 2 aromatic carbocycles. The number of halogens is 1. The van der Waals surface area contributed by atoms with E-state index in [1.807, 2.05) is 48.5 Å². The average molecular weight is 471 g/mol. The molecule has 0 unspecified atom stereocenters. The van der Waals surface area contributed by atoms with Crippen LogP contribution in [0.15, 0.2) is 82.0 Å². The third-order valence-electron chi connectivity index (χ3n) is 3.83. The van der Waals surface area contributed by atoms with E-state index in [0.717, 1.165) is 11.1 Å². The largest absolute Gasteiger partial charge is 0.489 e. The van der Waals surface area contributed by atoms with Crippen LogP contribution in [-0.2, 0) is 16.1 Å². The van der Waals surface area contributed by atoms with Gasteiger partial charge in [-0.25, -0.2) is 9.79 Å². The van der Waals surface area contributed by atoms with E-state index in [9.17, 15) is 4.79 Å². The van der Waals surface area contributed by atoms with Crippen molar-refractivity contribution in [3.05, 3.63) is 93.1 Å². The monoisotopic (exact) mass is 471 g/mol. The van der Waals surface area contributed by atoms with E-state index < -0.39 is 5.97 Å². The summed E-state index contributed by atoms with van der Waals surface area (Å²) in [6.07, 6.45) is 3.16. The molecule has 1 aliphatic heterocycles. The van der Waals surface area contributed by atoms with Crippen LogP contribution >= 0.6 is 22.6 Å². The quantitative estimate of drug-likeness (QED) is 0.305. The first-order valence-corrected chi connectivity index (χ1v) is 9.29. The zero-order valence-corrected chi connectivity index (χ0v) is 16.3. The fraction of sp³-hybridized carbons (Fsp3) is 0.0476. The summed E-state index contributed by atoms with van der Waals surface area (Å²) in [6, 6.07) is 19.0. The summed E-state index contributed by atoms with van der Waals surface area (Å²) in [6.45, 7) is 0.472. The SMILES string of the molecule is O=C1OC(c2ccco2)=NC1=Cc1cccc(OCc2ccc(I)cc2)c1. The molecule has 0 saturated carbocycles. The number of rotatable bonds is 5. The maximum atomic E-state index is 12.0. The Bertz CT molecular complexity index is 1020. The van der Waals surface area contributed by atoms with Gasteiger partial charge in [-0.3, -0.25) is 0 Å². The summed E-state index contributed by atoms with van der Waals surface area (Å²) in [5, 5.41) is 0. The molecule has 6 heteroatoms. The van der Waals surface area contributed by atoms with Crippen molar-refractivity contribution in [1.29, 1.82) is 0 Å². The van der Waals surface area contributed by atoms with Crippen molar-refractivity contribution in [2.75, 3.05) is 0 Å². The topological polar surface area (TPSA) is 61.0 Å². The zero-order valence-electron chi connectivity index (χ0n) is 14.1. The summed E-state index contributed by atoms with van der Waals surface area (Å²) >= 11 is 2.27. The molecule has 1 aromatic heterocycles. The van der Waals surface area contributed by atoms with E-state index in [4.69, 9.17) is 13.9 Å². The van der Waals surface area contributed by atoms with Gasteiger partial charge in [-0.05, 0) is 76.2 Å². The number of furan rings is 1. The molecular formula is C21H14INO4. The summed E-state index contributed by atoms with van der Waals surface area (Å²) in [5.74, 6) is 0.792. The van der Waals surface area contributed by atoms with Crippen LogP contribution in [0.25, 0.3) is 6.08 Å². The van der Waals surface area contributed by atoms with Crippen LogP contribution < -0.4 is 4.74 Å². The highest BCUT2D eigenvalue weighted by Gasteiger charge is 2.25. The lowest BCUT2D eigenvalue weighted by molar-refractivity contribution is -0.130. The molecule has 4 rings (SSSR count). The van der Waals surface area contributed by atoms with Crippen molar-refractivity contribution in [1.82, 2.24) is 0 Å². The zero-order chi connectivity index (χ0) is 18.6. The molecule has 0 atom stereocenters. The highest BCUT2D eigenvalue weighted by Crippen LogP contribution is 2.22. The molecule has 0 fully saturated rings. The van der Waals surface area contributed by atoms with Crippen LogP contribution in [0.1, 0.15) is 16.9 Å². The summed E-state index contributed by atoms with van der Waals surface area (Å²) in [5.41, 5.74) is 2.11. The number of nitrogens with zero attached hydrogens (tertiary/aromatic N) is 1. The first-order valence-electron chi connectivity index (χ1n) is 8.21. The van der Waals surface area contributed by atoms with Crippen molar-refractivity contribution >= 4 is 40.5 Å². The Hall–Kier alpha value is -2.87. The number of cyclic esters (lactones) is 1. The van der Waals surface area contributed by atoms with Gasteiger partial charge < -0.3 is 13.9 Å². The van der Waals surface area contributed by atoms with Crippen LogP contribution in [0.3, 0.4) is 0 Å². The van der Waals surface area contributed by atoms with E-state index in [1.54, 1.807) is 18.2 Å². The van der Waals surface area contributed by atoms with Crippen LogP contribution in [-0.4, -0.2) is 11.9 Å². The Morgan fingerprint density at radius 3 is 2.70 bits per heavy atom. The van der Waals surface area contributed by atoms with E-state index in [1.165, 1.54) is 9.83 Å². The fourth-order valence-corrected chi connectivity index (χ4v) is 2.87. The first kappa shape index (κ1) is 17.5. The van der Waals surface area contributed by atoms with Crippen molar-refractivity contribution in [3.63, 3.8) is 0 Å². The Morgan fingerprint density at radius 2 is 1.93 bits per heavy atom. The minimum Gasteiger partial charge on any atom is -0.489 e. The van der Waals surface area contributed by atoms with Gasteiger partial charge in [-0.2, -0.15) is 0 Å². The lowest BCUT2D eigenvalue weighted by Crippen LogP contribution is -2.04. The van der Waals surface area contributed by atoms with Crippen LogP contribution in [0.5, 0.6) is 5.75 Å². The molecule has 5 nitrogen and oxygen atoms in total. The molecule has 2 heterocycles. The summed E-state index contributed by atoms with van der Waals surface area (Å²) in [7, 11) is 0. The fourth-order valence-electron chi connectivity index (χ4n) is 2.51. The second-order valence-corrected chi connectivity index (χ2v) is 7.05. The van der Waals surface area contributed by atoms with Crippen LogP contribution in [0, 0.1) is 3.57 Å². The molecule has 0 amide bonds. The van der Waals surface area contributed by atoms with Crippen molar-refractivity contribution in [2.45, 2.75) is 6.61 Å². The van der Waals surface area contributed by atoms with Crippen molar-refractivity contribution < 1.29 is 18.7 Å². The molecule has 0 bridgehead atoms. The molecule has 0 aliphatic carbocycles. The van der Waals surface area contributed by atoms with Gasteiger partial charge in [-0.1, -0.05) is 24.3 Å². The van der Waals surface area contributed by atoms with Gasteiger partial charge >= 0.3 is 5.97 Å². The van der Waals surface area contributed by atoms with Gasteiger partial charge in [0.1, 0.15) is 12.4 Å². The third-order valence-corrected chi connectivity index (χ3v) is 4.55. The molecule has 3 aromatic rings. The summed E-state index contributed by atoms with van der Waals surface area (Å²) in [4.78, 5) is 16.2. The van der Waals surface area contributed by atoms with Gasteiger partial charge in [0.15, 0.2) is 11.5 Å². The molecule has 0 N–H and O–H groups in total. The van der Waals surface area contributed by atoms with Gasteiger partial charge in [0, 0.05) is 3.57 Å². The highest BCUT2D eigenvalue weighted by atomic mass is 127. The van der Waals surface area contributed by atoms with Crippen molar-refractivity contribution in [2.24, 2.45) is 4.99 Å². The lowest BCUT2D eigenvalue weighted by atomic mass is 10.2. The highest BCUT2D eigenvalue weighted by molar-refractivity contribution is 14.1. The first-order chi connectivity index (χ1) is 13.2. The summed E-state index contributed by atoms with van der Waals surface area (Å²) < 4.78 is 17.4. The normalized spacial score (nSPS) is 14.9. The minimum absolute atomic E-state index is 0.169. The van der Waals surface area contributed by atoms with Gasteiger partial charge in [0.05, 0.1) is 6.26 Å². The number of aliphatic imine (C=N–C) groups is 1. The number of hydrogen-bond acceptors (Lipinski definition) is 5. The van der Waals surface area contributed by atoms with Gasteiger partial charge in [0.25, 0.3) is 5.90 Å². The standard InChI is InChI=1S/C21H14INO4/c22-16-8-6-14(7-9-16)13-26-17-4-1-3-15(11-17)12-18-21(24)27-20(23-18)19-5-2-10-25-19/h1-12H,13H2. The number of ether oxygens (including phenoxy) is 2. The molecule has 0 radical (unpaired) electrons. The molecule has 1 aliphatic rings. The Balaban J connectivity index is 1.49. The van der Waals surface area contributed by atoms with E-state index in [2.05, 4.69) is 27.6 Å². The van der Waals surface area contributed by atoms with E-state index in [0.29, 0.717) is 18.1 Å². The number of carbonyl (C=O) groups is 1. The second-order valence-electron chi connectivity index (χ2n) is 5.80. The molecule has 134 valence electrons. The Labute approximate surface area is 169 Å². The number of esters is 1. The molecule has 0 spiro atoms. The maximum absolute atomic E-state index is 12.0. The third kappa shape index (κ3) is 4.28. The van der Waals surface area contributed by atoms with Crippen LogP contribution in [0.4, 0.5) is 0 Å². The van der Waals surface area contributed by atoms with E-state index in [-0.39, 0.29) is 11.6 Å². The average Bonchev–Trinajstić information content (AvgIpc) is 3.32.